The van der Waals surface area contributed by atoms with Gasteiger partial charge in [-0.3, -0.25) is 4.90 Å². The zero-order chi connectivity index (χ0) is 12.7. The zero-order valence-corrected chi connectivity index (χ0v) is 11.3. The quantitative estimate of drug-likeness (QED) is 0.818. The van der Waals surface area contributed by atoms with Crippen molar-refractivity contribution in [1.29, 1.82) is 0 Å². The lowest BCUT2D eigenvalue weighted by molar-refractivity contribution is -0.00372. The number of hydrogen-bond acceptors (Lipinski definition) is 3. The summed E-state index contributed by atoms with van der Waals surface area (Å²) in [5.41, 5.74) is 4.05. The predicted molar refractivity (Wildman–Crippen MR) is 73.9 cm³/mol. The van der Waals surface area contributed by atoms with Crippen LogP contribution in [0.25, 0.3) is 0 Å². The molecule has 0 spiro atoms. The van der Waals surface area contributed by atoms with Crippen molar-refractivity contribution in [3.8, 4) is 0 Å². The van der Waals surface area contributed by atoms with Gasteiger partial charge in [0.25, 0.3) is 0 Å². The summed E-state index contributed by atoms with van der Waals surface area (Å²) in [6.45, 7) is 7.27. The van der Waals surface area contributed by atoms with E-state index in [1.807, 2.05) is 0 Å². The van der Waals surface area contributed by atoms with E-state index in [1.165, 1.54) is 16.8 Å². The van der Waals surface area contributed by atoms with E-state index >= 15 is 0 Å². The molecule has 2 unspecified atom stereocenters. The largest absolute Gasteiger partial charge is 0.376 e. The number of aliphatic hydroxyl groups excluding tert-OH is 1. The highest BCUT2D eigenvalue weighted by Crippen LogP contribution is 2.36. The number of fused-ring (bicyclic) bond motifs is 3. The second-order valence-corrected chi connectivity index (χ2v) is 5.49. The van der Waals surface area contributed by atoms with E-state index in [9.17, 15) is 5.11 Å². The molecule has 0 aliphatic carbocycles. The number of aryl methyl sites for hydroxylation is 1. The van der Waals surface area contributed by atoms with Crippen molar-refractivity contribution in [2.24, 2.45) is 0 Å². The van der Waals surface area contributed by atoms with Crippen LogP contribution in [0.3, 0.4) is 0 Å². The molecule has 1 aromatic rings. The van der Waals surface area contributed by atoms with E-state index in [0.29, 0.717) is 0 Å². The fourth-order valence-corrected chi connectivity index (χ4v) is 3.39. The van der Waals surface area contributed by atoms with Gasteiger partial charge < -0.3 is 10.0 Å². The lowest BCUT2D eigenvalue weighted by atomic mass is 10.1. The van der Waals surface area contributed by atoms with Gasteiger partial charge in [-0.25, -0.2) is 0 Å². The van der Waals surface area contributed by atoms with Gasteiger partial charge in [0.05, 0.1) is 6.04 Å². The molecule has 0 bridgehead atoms. The number of likely N-dealkylation sites (N-methyl/N-ethyl adjacent to an activating group) is 1. The summed E-state index contributed by atoms with van der Waals surface area (Å²) < 4.78 is 0. The van der Waals surface area contributed by atoms with Gasteiger partial charge in [0.1, 0.15) is 6.23 Å². The number of benzene rings is 1. The standard InChI is InChI=1S/C15H22N2O/c1-3-16-7-4-8-17-13-6-5-11(2)9-12(13)10-14(17)15(16)18/h5-6,9,14-15,18H,3-4,7-8,10H2,1-2H3. The first kappa shape index (κ1) is 12.0. The van der Waals surface area contributed by atoms with Crippen molar-refractivity contribution in [3.05, 3.63) is 29.3 Å². The smallest absolute Gasteiger partial charge is 0.128 e. The van der Waals surface area contributed by atoms with Crippen molar-refractivity contribution in [1.82, 2.24) is 4.90 Å². The molecule has 3 rings (SSSR count). The molecule has 1 fully saturated rings. The Labute approximate surface area is 109 Å². The van der Waals surface area contributed by atoms with Crippen molar-refractivity contribution < 1.29 is 5.11 Å². The molecule has 0 amide bonds. The fourth-order valence-electron chi connectivity index (χ4n) is 3.39. The van der Waals surface area contributed by atoms with Crippen molar-refractivity contribution >= 4 is 5.69 Å². The van der Waals surface area contributed by atoms with Crippen LogP contribution in [0.2, 0.25) is 0 Å². The maximum Gasteiger partial charge on any atom is 0.128 e. The molecule has 18 heavy (non-hydrogen) atoms. The molecule has 2 aliphatic rings. The van der Waals surface area contributed by atoms with E-state index in [2.05, 4.69) is 41.8 Å². The Balaban J connectivity index is 1.93. The van der Waals surface area contributed by atoms with E-state index in [-0.39, 0.29) is 12.3 Å². The minimum Gasteiger partial charge on any atom is -0.376 e. The summed E-state index contributed by atoms with van der Waals surface area (Å²) in [6, 6.07) is 6.91. The van der Waals surface area contributed by atoms with E-state index in [0.717, 1.165) is 32.5 Å². The third kappa shape index (κ3) is 1.82. The van der Waals surface area contributed by atoms with Gasteiger partial charge in [-0.15, -0.1) is 0 Å². The number of aliphatic hydroxyl groups is 1. The van der Waals surface area contributed by atoms with Gasteiger partial charge in [0.15, 0.2) is 0 Å². The number of hydrogen-bond donors (Lipinski definition) is 1. The van der Waals surface area contributed by atoms with Gasteiger partial charge >= 0.3 is 0 Å². The second kappa shape index (κ2) is 4.56. The molecule has 2 aliphatic heterocycles. The normalized spacial score (nSPS) is 27.8. The summed E-state index contributed by atoms with van der Waals surface area (Å²) in [6.07, 6.45) is 1.79. The van der Waals surface area contributed by atoms with Crippen LogP contribution in [0, 0.1) is 6.92 Å². The van der Waals surface area contributed by atoms with Gasteiger partial charge in [-0.1, -0.05) is 24.6 Å². The molecule has 3 heteroatoms. The first-order valence-electron chi connectivity index (χ1n) is 6.99. The van der Waals surface area contributed by atoms with Crippen LogP contribution in [-0.2, 0) is 6.42 Å². The van der Waals surface area contributed by atoms with Crippen LogP contribution in [0.15, 0.2) is 18.2 Å². The van der Waals surface area contributed by atoms with Crippen LogP contribution in [0.4, 0.5) is 5.69 Å². The summed E-state index contributed by atoms with van der Waals surface area (Å²) in [5, 5.41) is 10.5. The highest BCUT2D eigenvalue weighted by Gasteiger charge is 2.38. The maximum absolute atomic E-state index is 10.5. The van der Waals surface area contributed by atoms with Gasteiger partial charge in [-0.05, 0) is 37.9 Å². The Morgan fingerprint density at radius 3 is 2.94 bits per heavy atom. The van der Waals surface area contributed by atoms with Crippen LogP contribution in [0.1, 0.15) is 24.5 Å². The Bertz CT molecular complexity index is 446. The molecule has 1 saturated heterocycles. The summed E-state index contributed by atoms with van der Waals surface area (Å²) in [4.78, 5) is 4.61. The molecule has 98 valence electrons. The second-order valence-electron chi connectivity index (χ2n) is 5.49. The van der Waals surface area contributed by atoms with E-state index in [1.54, 1.807) is 0 Å². The van der Waals surface area contributed by atoms with E-state index < -0.39 is 0 Å². The van der Waals surface area contributed by atoms with E-state index in [4.69, 9.17) is 0 Å². The first-order valence-corrected chi connectivity index (χ1v) is 6.99. The van der Waals surface area contributed by atoms with Crippen LogP contribution < -0.4 is 4.90 Å². The molecule has 0 aromatic heterocycles. The topological polar surface area (TPSA) is 26.7 Å². The van der Waals surface area contributed by atoms with Crippen molar-refractivity contribution in [2.45, 2.75) is 39.0 Å². The monoisotopic (exact) mass is 246 g/mol. The predicted octanol–water partition coefficient (Wildman–Crippen LogP) is 1.77. The highest BCUT2D eigenvalue weighted by molar-refractivity contribution is 5.61. The number of nitrogens with zero attached hydrogens (tertiary/aromatic N) is 2. The molecular formula is C15H22N2O. The van der Waals surface area contributed by atoms with Crippen LogP contribution in [0.5, 0.6) is 0 Å². The molecule has 2 atom stereocenters. The number of rotatable bonds is 1. The molecule has 2 heterocycles. The highest BCUT2D eigenvalue weighted by atomic mass is 16.3. The zero-order valence-electron chi connectivity index (χ0n) is 11.3. The Kier molecular flexibility index (Phi) is 3.04. The minimum atomic E-state index is -0.329. The lowest BCUT2D eigenvalue weighted by Crippen LogP contribution is -2.48. The molecule has 0 radical (unpaired) electrons. The molecule has 1 N–H and O–H groups in total. The third-order valence-electron chi connectivity index (χ3n) is 4.34. The Morgan fingerprint density at radius 1 is 1.33 bits per heavy atom. The first-order chi connectivity index (χ1) is 8.70. The maximum atomic E-state index is 10.5. The SMILES string of the molecule is CCN1CCCN2c3ccc(C)cc3CC2C1O. The summed E-state index contributed by atoms with van der Waals surface area (Å²) in [7, 11) is 0. The fraction of sp³-hybridized carbons (Fsp3) is 0.600. The van der Waals surface area contributed by atoms with Crippen LogP contribution >= 0.6 is 0 Å². The van der Waals surface area contributed by atoms with Crippen molar-refractivity contribution in [3.63, 3.8) is 0 Å². The molecule has 3 nitrogen and oxygen atoms in total. The number of anilines is 1. The van der Waals surface area contributed by atoms with Crippen LogP contribution in [-0.4, -0.2) is 41.9 Å². The minimum absolute atomic E-state index is 0.240. The molecule has 1 aromatic carbocycles. The van der Waals surface area contributed by atoms with Crippen molar-refractivity contribution in [2.75, 3.05) is 24.5 Å². The lowest BCUT2D eigenvalue weighted by Gasteiger charge is -2.32. The summed E-state index contributed by atoms with van der Waals surface area (Å²) >= 11 is 0. The Morgan fingerprint density at radius 2 is 2.17 bits per heavy atom. The van der Waals surface area contributed by atoms with Gasteiger partial charge in [0.2, 0.25) is 0 Å². The third-order valence-corrected chi connectivity index (χ3v) is 4.34. The average Bonchev–Trinajstić information content (AvgIpc) is 2.64. The molecular weight excluding hydrogens is 224 g/mol. The average molecular weight is 246 g/mol. The Hall–Kier alpha value is -1.06. The summed E-state index contributed by atoms with van der Waals surface area (Å²) in [5.74, 6) is 0. The van der Waals surface area contributed by atoms with Gasteiger partial charge in [0, 0.05) is 18.8 Å². The molecule has 0 saturated carbocycles. The van der Waals surface area contributed by atoms with Gasteiger partial charge in [-0.2, -0.15) is 0 Å².